The van der Waals surface area contributed by atoms with E-state index in [0.717, 1.165) is 16.7 Å². The summed E-state index contributed by atoms with van der Waals surface area (Å²) in [5.41, 5.74) is 3.44. The molecule has 3 aromatic carbocycles. The number of nitrogens with one attached hydrogen (secondary N) is 1. The average molecular weight is 394 g/mol. The number of hydrogen-bond donors (Lipinski definition) is 1. The molecule has 0 aliphatic carbocycles. The van der Waals surface area contributed by atoms with Gasteiger partial charge in [0.2, 0.25) is 0 Å². The summed E-state index contributed by atoms with van der Waals surface area (Å²) in [6, 6.07) is 23.5. The third-order valence-corrected chi connectivity index (χ3v) is 4.65. The topological polar surface area (TPSA) is 55.4 Å². The summed E-state index contributed by atoms with van der Waals surface area (Å²) in [4.78, 5) is 24.8. The number of carbonyl (C=O) groups is 2. The fraction of sp³-hybridized carbons (Fsp3) is 0.130. The van der Waals surface area contributed by atoms with Crippen molar-refractivity contribution in [2.45, 2.75) is 12.5 Å². The Labute approximate surface area is 169 Å². The number of ether oxygens (including phenoxy) is 1. The van der Waals surface area contributed by atoms with E-state index in [-0.39, 0.29) is 5.91 Å². The van der Waals surface area contributed by atoms with E-state index in [2.05, 4.69) is 5.32 Å². The Morgan fingerprint density at radius 2 is 1.50 bits per heavy atom. The van der Waals surface area contributed by atoms with Crippen molar-refractivity contribution in [2.75, 3.05) is 7.11 Å². The molecule has 0 spiro atoms. The van der Waals surface area contributed by atoms with Gasteiger partial charge in [0.1, 0.15) is 6.04 Å². The van der Waals surface area contributed by atoms with Crippen LogP contribution >= 0.6 is 11.6 Å². The Morgan fingerprint density at radius 1 is 0.893 bits per heavy atom. The Morgan fingerprint density at radius 3 is 2.11 bits per heavy atom. The predicted molar refractivity (Wildman–Crippen MR) is 110 cm³/mol. The molecule has 142 valence electrons. The Kier molecular flexibility index (Phi) is 6.45. The molecule has 1 amide bonds. The molecule has 0 saturated heterocycles. The molecule has 5 heteroatoms. The van der Waals surface area contributed by atoms with Gasteiger partial charge >= 0.3 is 5.97 Å². The van der Waals surface area contributed by atoms with Crippen LogP contribution in [0, 0.1) is 0 Å². The smallest absolute Gasteiger partial charge is 0.328 e. The normalized spacial score (nSPS) is 11.5. The number of esters is 1. The van der Waals surface area contributed by atoms with Crippen LogP contribution in [0.25, 0.3) is 11.1 Å². The zero-order valence-corrected chi connectivity index (χ0v) is 16.1. The van der Waals surface area contributed by atoms with Gasteiger partial charge < -0.3 is 10.1 Å². The van der Waals surface area contributed by atoms with Gasteiger partial charge in [-0.05, 0) is 41.0 Å². The number of carbonyl (C=O) groups excluding carboxylic acids is 2. The largest absolute Gasteiger partial charge is 0.467 e. The summed E-state index contributed by atoms with van der Waals surface area (Å²) in [5.74, 6) is -0.826. The maximum absolute atomic E-state index is 12.6. The molecule has 3 aromatic rings. The lowest BCUT2D eigenvalue weighted by Crippen LogP contribution is -2.43. The SMILES string of the molecule is COC(=O)[C@H](Cc1ccc(Cl)cc1)NC(=O)c1ccc(-c2ccccc2)cc1. The highest BCUT2D eigenvalue weighted by atomic mass is 35.5. The summed E-state index contributed by atoms with van der Waals surface area (Å²) < 4.78 is 4.84. The number of methoxy groups -OCH3 is 1. The molecule has 0 aliphatic heterocycles. The van der Waals surface area contributed by atoms with Gasteiger partial charge in [-0.1, -0.05) is 66.2 Å². The molecule has 0 unspecified atom stereocenters. The maximum Gasteiger partial charge on any atom is 0.328 e. The fourth-order valence-corrected chi connectivity index (χ4v) is 3.00. The van der Waals surface area contributed by atoms with Gasteiger partial charge in [-0.3, -0.25) is 4.79 Å². The number of benzene rings is 3. The summed E-state index contributed by atoms with van der Waals surface area (Å²) >= 11 is 5.90. The lowest BCUT2D eigenvalue weighted by Gasteiger charge is -2.17. The zero-order chi connectivity index (χ0) is 19.9. The first-order chi connectivity index (χ1) is 13.6. The summed E-state index contributed by atoms with van der Waals surface area (Å²) in [6.07, 6.45) is 0.317. The van der Waals surface area contributed by atoms with Crippen LogP contribution in [0.3, 0.4) is 0 Å². The lowest BCUT2D eigenvalue weighted by molar-refractivity contribution is -0.142. The van der Waals surface area contributed by atoms with E-state index < -0.39 is 12.0 Å². The van der Waals surface area contributed by atoms with Crippen LogP contribution in [0.1, 0.15) is 15.9 Å². The zero-order valence-electron chi connectivity index (χ0n) is 15.4. The van der Waals surface area contributed by atoms with Crippen molar-refractivity contribution in [3.05, 3.63) is 95.0 Å². The molecular formula is C23H20ClNO3. The highest BCUT2D eigenvalue weighted by Gasteiger charge is 2.22. The standard InChI is InChI=1S/C23H20ClNO3/c1-28-23(27)21(15-16-7-13-20(24)14-8-16)25-22(26)19-11-9-18(10-12-19)17-5-3-2-4-6-17/h2-14,21H,15H2,1H3,(H,25,26)/t21-/m0/s1. The van der Waals surface area contributed by atoms with Gasteiger partial charge in [-0.15, -0.1) is 0 Å². The third kappa shape index (κ3) is 4.99. The second-order valence-electron chi connectivity index (χ2n) is 6.32. The van der Waals surface area contributed by atoms with Gasteiger partial charge in [0.15, 0.2) is 0 Å². The van der Waals surface area contributed by atoms with Gasteiger partial charge in [-0.25, -0.2) is 4.79 Å². The van der Waals surface area contributed by atoms with Crippen molar-refractivity contribution in [1.29, 1.82) is 0 Å². The van der Waals surface area contributed by atoms with E-state index in [1.54, 1.807) is 24.3 Å². The molecule has 0 bridgehead atoms. The maximum atomic E-state index is 12.6. The molecule has 0 aliphatic rings. The van der Waals surface area contributed by atoms with E-state index in [0.29, 0.717) is 17.0 Å². The minimum atomic E-state index is -0.785. The van der Waals surface area contributed by atoms with Gasteiger partial charge in [0, 0.05) is 17.0 Å². The van der Waals surface area contributed by atoms with E-state index in [1.807, 2.05) is 54.6 Å². The quantitative estimate of drug-likeness (QED) is 0.626. The van der Waals surface area contributed by atoms with Crippen LogP contribution in [0.15, 0.2) is 78.9 Å². The molecule has 0 saturated carbocycles. The van der Waals surface area contributed by atoms with Crippen molar-refractivity contribution in [3.8, 4) is 11.1 Å². The lowest BCUT2D eigenvalue weighted by atomic mass is 10.0. The Bertz CT molecular complexity index is 938. The number of amides is 1. The van der Waals surface area contributed by atoms with E-state index >= 15 is 0 Å². The molecule has 4 nitrogen and oxygen atoms in total. The van der Waals surface area contributed by atoms with Gasteiger partial charge in [0.25, 0.3) is 5.91 Å². The van der Waals surface area contributed by atoms with Crippen molar-refractivity contribution in [2.24, 2.45) is 0 Å². The Balaban J connectivity index is 1.72. The van der Waals surface area contributed by atoms with E-state index in [1.165, 1.54) is 7.11 Å². The molecule has 0 fully saturated rings. The van der Waals surface area contributed by atoms with Gasteiger partial charge in [-0.2, -0.15) is 0 Å². The molecule has 0 heterocycles. The first-order valence-electron chi connectivity index (χ1n) is 8.85. The van der Waals surface area contributed by atoms with Crippen LogP contribution in [-0.2, 0) is 16.0 Å². The second-order valence-corrected chi connectivity index (χ2v) is 6.76. The first kappa shape index (κ1) is 19.6. The highest BCUT2D eigenvalue weighted by molar-refractivity contribution is 6.30. The van der Waals surface area contributed by atoms with Crippen LogP contribution in [0.4, 0.5) is 0 Å². The van der Waals surface area contributed by atoms with E-state index in [4.69, 9.17) is 16.3 Å². The van der Waals surface area contributed by atoms with Crippen molar-refractivity contribution >= 4 is 23.5 Å². The average Bonchev–Trinajstić information content (AvgIpc) is 2.75. The summed E-state index contributed by atoms with van der Waals surface area (Å²) in [7, 11) is 1.30. The fourth-order valence-electron chi connectivity index (χ4n) is 2.88. The van der Waals surface area contributed by atoms with Crippen LogP contribution in [-0.4, -0.2) is 25.0 Å². The van der Waals surface area contributed by atoms with E-state index in [9.17, 15) is 9.59 Å². The van der Waals surface area contributed by atoms with Crippen LogP contribution < -0.4 is 5.32 Å². The molecule has 0 radical (unpaired) electrons. The van der Waals surface area contributed by atoms with Crippen LogP contribution in [0.5, 0.6) is 0 Å². The van der Waals surface area contributed by atoms with Crippen LogP contribution in [0.2, 0.25) is 5.02 Å². The number of hydrogen-bond acceptors (Lipinski definition) is 3. The van der Waals surface area contributed by atoms with Crippen molar-refractivity contribution in [3.63, 3.8) is 0 Å². The van der Waals surface area contributed by atoms with Crippen molar-refractivity contribution < 1.29 is 14.3 Å². The molecule has 0 aromatic heterocycles. The Hall–Kier alpha value is -3.11. The predicted octanol–water partition coefficient (Wildman–Crippen LogP) is 4.52. The highest BCUT2D eigenvalue weighted by Crippen LogP contribution is 2.19. The number of halogens is 1. The molecule has 28 heavy (non-hydrogen) atoms. The van der Waals surface area contributed by atoms with Crippen molar-refractivity contribution in [1.82, 2.24) is 5.32 Å². The van der Waals surface area contributed by atoms with Gasteiger partial charge in [0.05, 0.1) is 7.11 Å². The molecule has 3 rings (SSSR count). The summed E-state index contributed by atoms with van der Waals surface area (Å²) in [5, 5.41) is 3.37. The summed E-state index contributed by atoms with van der Waals surface area (Å²) in [6.45, 7) is 0. The minimum Gasteiger partial charge on any atom is -0.467 e. The number of rotatable bonds is 6. The first-order valence-corrected chi connectivity index (χ1v) is 9.23. The minimum absolute atomic E-state index is 0.317. The monoisotopic (exact) mass is 393 g/mol. The molecule has 1 atom stereocenters. The molecular weight excluding hydrogens is 374 g/mol. The second kappa shape index (κ2) is 9.20. The third-order valence-electron chi connectivity index (χ3n) is 4.40. The molecule has 1 N–H and O–H groups in total.